The van der Waals surface area contributed by atoms with Gasteiger partial charge in [-0.2, -0.15) is 0 Å². The van der Waals surface area contributed by atoms with E-state index in [1.165, 1.54) is 0 Å². The lowest BCUT2D eigenvalue weighted by Crippen LogP contribution is -2.28. The summed E-state index contributed by atoms with van der Waals surface area (Å²) >= 11 is 11.4. The molecule has 0 aromatic heterocycles. The Balaban J connectivity index is 4.01. The van der Waals surface area contributed by atoms with Crippen LogP contribution in [0.2, 0.25) is 0 Å². The molecule has 0 aliphatic carbocycles. The summed E-state index contributed by atoms with van der Waals surface area (Å²) in [6.45, 7) is 0. The SMILES string of the molecule is FC(F)C(Br)(Br)C(Br)Br. The van der Waals surface area contributed by atoms with E-state index in [1.54, 1.807) is 0 Å². The molecule has 0 amide bonds. The fourth-order valence-corrected chi connectivity index (χ4v) is 0.495. The highest BCUT2D eigenvalue weighted by molar-refractivity contribution is 9.30. The average Bonchev–Trinajstić information content (AvgIpc) is 1.65. The summed E-state index contributed by atoms with van der Waals surface area (Å²) < 4.78 is 21.9. The van der Waals surface area contributed by atoms with Gasteiger partial charge in [0.05, 0.1) is 0 Å². The van der Waals surface area contributed by atoms with Crippen molar-refractivity contribution in [2.45, 2.75) is 13.4 Å². The summed E-state index contributed by atoms with van der Waals surface area (Å²) in [5.41, 5.74) is 0. The van der Waals surface area contributed by atoms with Crippen LogP contribution in [0.5, 0.6) is 0 Å². The Bertz CT molecular complexity index is 81.8. The van der Waals surface area contributed by atoms with Gasteiger partial charge in [-0.1, -0.05) is 63.7 Å². The van der Waals surface area contributed by atoms with Crippen molar-refractivity contribution in [3.8, 4) is 0 Å². The van der Waals surface area contributed by atoms with Crippen LogP contribution in [0.3, 0.4) is 0 Å². The first-order valence-electron chi connectivity index (χ1n) is 1.83. The van der Waals surface area contributed by atoms with Crippen LogP contribution in [-0.2, 0) is 0 Å². The van der Waals surface area contributed by atoms with Crippen LogP contribution >= 0.6 is 63.7 Å². The third-order valence-corrected chi connectivity index (χ3v) is 6.09. The highest BCUT2D eigenvalue weighted by atomic mass is 79.9. The molecule has 0 spiro atoms. The predicted molar refractivity (Wildman–Crippen MR) is 48.2 cm³/mol. The molecular weight excluding hydrogens is 394 g/mol. The maximum Gasteiger partial charge on any atom is 0.265 e. The van der Waals surface area contributed by atoms with Crippen molar-refractivity contribution in [2.24, 2.45) is 0 Å². The van der Waals surface area contributed by atoms with Gasteiger partial charge in [0.25, 0.3) is 6.43 Å². The zero-order valence-electron chi connectivity index (χ0n) is 3.92. The second-order valence-corrected chi connectivity index (χ2v) is 8.02. The Morgan fingerprint density at radius 1 is 1.11 bits per heavy atom. The fourth-order valence-electron chi connectivity index (χ4n) is 0.0952. The molecule has 0 aromatic carbocycles. The molecule has 6 heteroatoms. The van der Waals surface area contributed by atoms with Crippen LogP contribution in [0.1, 0.15) is 0 Å². The molecular formula is C3H2Br4F2. The first-order valence-corrected chi connectivity index (χ1v) is 5.25. The molecule has 56 valence electrons. The number of hydrogen-bond acceptors (Lipinski definition) is 0. The van der Waals surface area contributed by atoms with Gasteiger partial charge in [0.15, 0.2) is 3.23 Å². The molecule has 0 atom stereocenters. The molecule has 0 rings (SSSR count). The van der Waals surface area contributed by atoms with Crippen molar-refractivity contribution >= 4 is 63.7 Å². The molecule has 0 radical (unpaired) electrons. The van der Waals surface area contributed by atoms with Gasteiger partial charge in [-0.3, -0.25) is 0 Å². The van der Waals surface area contributed by atoms with Crippen LogP contribution < -0.4 is 0 Å². The minimum absolute atomic E-state index is 0.502. The van der Waals surface area contributed by atoms with Crippen molar-refractivity contribution in [2.75, 3.05) is 0 Å². The van der Waals surface area contributed by atoms with Crippen molar-refractivity contribution in [3.05, 3.63) is 0 Å². The molecule has 0 heterocycles. The third kappa shape index (κ3) is 3.12. The Morgan fingerprint density at radius 2 is 1.44 bits per heavy atom. The summed E-state index contributed by atoms with van der Waals surface area (Å²) in [7, 11) is 0. The molecule has 0 fully saturated rings. The topological polar surface area (TPSA) is 0 Å². The van der Waals surface area contributed by atoms with Gasteiger partial charge in [-0.15, -0.1) is 0 Å². The fraction of sp³-hybridized carbons (Fsp3) is 1.00. The number of hydrogen-bond donors (Lipinski definition) is 0. The van der Waals surface area contributed by atoms with Gasteiger partial charge < -0.3 is 0 Å². The summed E-state index contributed by atoms with van der Waals surface area (Å²) in [5, 5.41) is 0. The third-order valence-electron chi connectivity index (χ3n) is 0.582. The van der Waals surface area contributed by atoms with Crippen molar-refractivity contribution in [1.29, 1.82) is 0 Å². The molecule has 0 saturated carbocycles. The van der Waals surface area contributed by atoms with E-state index in [0.717, 1.165) is 0 Å². The largest absolute Gasteiger partial charge is 0.265 e. The number of rotatable bonds is 2. The van der Waals surface area contributed by atoms with Crippen LogP contribution in [0.4, 0.5) is 8.78 Å². The minimum Gasteiger partial charge on any atom is -0.208 e. The van der Waals surface area contributed by atoms with Crippen LogP contribution in [-0.4, -0.2) is 13.4 Å². The van der Waals surface area contributed by atoms with Gasteiger partial charge in [0, 0.05) is 0 Å². The Morgan fingerprint density at radius 3 is 1.44 bits per heavy atom. The van der Waals surface area contributed by atoms with E-state index in [1.807, 2.05) is 0 Å². The highest BCUT2D eigenvalue weighted by Gasteiger charge is 2.39. The Hall–Kier alpha value is 1.78. The summed E-state index contributed by atoms with van der Waals surface area (Å²) in [6.07, 6.45) is -2.47. The molecule has 0 unspecified atom stereocenters. The lowest BCUT2D eigenvalue weighted by Gasteiger charge is -2.20. The standard InChI is InChI=1S/C3H2Br4F2/c4-1(5)3(6,7)2(8)9/h1-2H. The van der Waals surface area contributed by atoms with E-state index in [-0.39, 0.29) is 0 Å². The van der Waals surface area contributed by atoms with Crippen LogP contribution in [0, 0.1) is 0 Å². The lowest BCUT2D eigenvalue weighted by molar-refractivity contribution is 0.144. The number of halogens is 6. The van der Waals surface area contributed by atoms with Gasteiger partial charge in [0.1, 0.15) is 3.74 Å². The van der Waals surface area contributed by atoms with Gasteiger partial charge in [0.2, 0.25) is 0 Å². The Kier molecular flexibility index (Phi) is 4.76. The van der Waals surface area contributed by atoms with Gasteiger partial charge in [-0.05, 0) is 0 Å². The average molecular weight is 396 g/mol. The van der Waals surface area contributed by atoms with Crippen molar-refractivity contribution in [1.82, 2.24) is 0 Å². The quantitative estimate of drug-likeness (QED) is 0.623. The molecule has 0 N–H and O–H groups in total. The first-order chi connectivity index (χ1) is 3.89. The van der Waals surface area contributed by atoms with Crippen molar-refractivity contribution < 1.29 is 8.78 Å². The molecule has 0 bridgehead atoms. The zero-order chi connectivity index (χ0) is 7.65. The van der Waals surface area contributed by atoms with E-state index in [4.69, 9.17) is 0 Å². The highest BCUT2D eigenvalue weighted by Crippen LogP contribution is 2.42. The molecule has 0 nitrogen and oxygen atoms in total. The first kappa shape index (κ1) is 10.8. The molecule has 0 saturated heterocycles. The molecule has 0 aliphatic rings. The second kappa shape index (κ2) is 3.97. The van der Waals surface area contributed by atoms with E-state index < -0.39 is 13.4 Å². The lowest BCUT2D eigenvalue weighted by atomic mass is 10.5. The monoisotopic (exact) mass is 392 g/mol. The second-order valence-electron chi connectivity index (χ2n) is 1.28. The van der Waals surface area contributed by atoms with Crippen molar-refractivity contribution in [3.63, 3.8) is 0 Å². The van der Waals surface area contributed by atoms with Gasteiger partial charge in [-0.25, -0.2) is 8.78 Å². The van der Waals surface area contributed by atoms with Crippen LogP contribution in [0.25, 0.3) is 0 Å². The number of alkyl halides is 6. The smallest absolute Gasteiger partial charge is 0.208 e. The van der Waals surface area contributed by atoms with Gasteiger partial charge >= 0.3 is 0 Å². The minimum atomic E-state index is -2.47. The molecule has 0 aliphatic heterocycles. The van der Waals surface area contributed by atoms with E-state index >= 15 is 0 Å². The summed E-state index contributed by atoms with van der Waals surface area (Å²) in [6, 6.07) is 0. The maximum absolute atomic E-state index is 11.9. The van der Waals surface area contributed by atoms with E-state index in [9.17, 15) is 8.78 Å². The normalized spacial score (nSPS) is 13.3. The summed E-state index contributed by atoms with van der Waals surface area (Å²) in [5.74, 6) is 0. The predicted octanol–water partition coefficient (Wildman–Crippen LogP) is 3.85. The maximum atomic E-state index is 11.9. The summed E-state index contributed by atoms with van der Waals surface area (Å²) in [4.78, 5) is 0. The molecule has 0 aromatic rings. The van der Waals surface area contributed by atoms with E-state index in [0.29, 0.717) is 0 Å². The van der Waals surface area contributed by atoms with Crippen LogP contribution in [0.15, 0.2) is 0 Å². The van der Waals surface area contributed by atoms with E-state index in [2.05, 4.69) is 63.7 Å². The molecule has 9 heavy (non-hydrogen) atoms. The Labute approximate surface area is 85.3 Å². The zero-order valence-corrected chi connectivity index (χ0v) is 10.3.